The van der Waals surface area contributed by atoms with Gasteiger partial charge in [0.15, 0.2) is 0 Å². The van der Waals surface area contributed by atoms with Crippen LogP contribution >= 0.6 is 11.3 Å². The van der Waals surface area contributed by atoms with E-state index in [1.165, 1.54) is 12.0 Å². The highest BCUT2D eigenvalue weighted by molar-refractivity contribution is 7.11. The number of ether oxygens (including phenoxy) is 1. The molecule has 0 amide bonds. The Hall–Kier alpha value is -0.940. The summed E-state index contributed by atoms with van der Waals surface area (Å²) < 4.78 is 4.64. The van der Waals surface area contributed by atoms with E-state index in [9.17, 15) is 4.79 Å². The summed E-state index contributed by atoms with van der Waals surface area (Å²) in [4.78, 5) is 19.1. The lowest BCUT2D eigenvalue weighted by molar-refractivity contribution is -0.141. The van der Waals surface area contributed by atoms with E-state index in [4.69, 9.17) is 0 Å². The lowest BCUT2D eigenvalue weighted by Gasteiger charge is -2.17. The van der Waals surface area contributed by atoms with E-state index in [2.05, 4.69) is 28.5 Å². The predicted octanol–water partition coefficient (Wildman–Crippen LogP) is 2.14. The van der Waals surface area contributed by atoms with Crippen molar-refractivity contribution in [2.45, 2.75) is 33.7 Å². The first-order valence-electron chi connectivity index (χ1n) is 5.78. The largest absolute Gasteiger partial charge is 0.469 e. The molecule has 17 heavy (non-hydrogen) atoms. The van der Waals surface area contributed by atoms with Crippen molar-refractivity contribution in [1.82, 2.24) is 9.88 Å². The van der Waals surface area contributed by atoms with E-state index in [1.807, 2.05) is 6.92 Å². The second-order valence-corrected chi connectivity index (χ2v) is 5.23. The van der Waals surface area contributed by atoms with E-state index in [0.29, 0.717) is 6.42 Å². The van der Waals surface area contributed by atoms with Crippen molar-refractivity contribution < 1.29 is 9.53 Å². The highest BCUT2D eigenvalue weighted by Gasteiger charge is 2.10. The molecule has 0 saturated heterocycles. The van der Waals surface area contributed by atoms with Gasteiger partial charge in [0.25, 0.3) is 0 Å². The molecule has 0 atom stereocenters. The third-order valence-corrected chi connectivity index (χ3v) is 3.80. The van der Waals surface area contributed by atoms with Gasteiger partial charge in [0.05, 0.1) is 25.8 Å². The smallest absolute Gasteiger partial charge is 0.306 e. The molecule has 0 unspecified atom stereocenters. The van der Waals surface area contributed by atoms with Crippen LogP contribution in [0.1, 0.15) is 28.9 Å². The van der Waals surface area contributed by atoms with Crippen LogP contribution in [0.5, 0.6) is 0 Å². The second-order valence-electron chi connectivity index (χ2n) is 3.94. The molecule has 1 aromatic heterocycles. The molecule has 1 rings (SSSR count). The topological polar surface area (TPSA) is 42.4 Å². The molecule has 0 radical (unpaired) electrons. The fourth-order valence-electron chi connectivity index (χ4n) is 1.50. The summed E-state index contributed by atoms with van der Waals surface area (Å²) in [6.07, 6.45) is 0.438. The normalized spacial score (nSPS) is 10.9. The fourth-order valence-corrected chi connectivity index (χ4v) is 2.48. The molecule has 0 saturated carbocycles. The summed E-state index contributed by atoms with van der Waals surface area (Å²) >= 11 is 1.73. The van der Waals surface area contributed by atoms with Crippen LogP contribution in [-0.2, 0) is 16.1 Å². The molecule has 0 spiro atoms. The Morgan fingerprint density at radius 2 is 2.18 bits per heavy atom. The fraction of sp³-hybridized carbons (Fsp3) is 0.667. The summed E-state index contributed by atoms with van der Waals surface area (Å²) in [5.74, 6) is -0.157. The molecule has 0 aliphatic heterocycles. The number of carbonyl (C=O) groups is 1. The van der Waals surface area contributed by atoms with Gasteiger partial charge in [-0.3, -0.25) is 9.69 Å². The number of nitrogens with zero attached hydrogens (tertiary/aromatic N) is 2. The van der Waals surface area contributed by atoms with E-state index < -0.39 is 0 Å². The van der Waals surface area contributed by atoms with Crippen molar-refractivity contribution in [3.05, 3.63) is 15.6 Å². The molecule has 0 N–H and O–H groups in total. The quantitative estimate of drug-likeness (QED) is 0.731. The zero-order valence-corrected chi connectivity index (χ0v) is 11.8. The molecule has 96 valence electrons. The predicted molar refractivity (Wildman–Crippen MR) is 69.2 cm³/mol. The van der Waals surface area contributed by atoms with Gasteiger partial charge in [-0.05, 0) is 20.4 Å². The number of aromatic nitrogens is 1. The van der Waals surface area contributed by atoms with Gasteiger partial charge < -0.3 is 4.74 Å². The Kier molecular flexibility index (Phi) is 5.58. The standard InChI is InChI=1S/C12H20N2O2S/c1-5-14(7-6-12(15)16-4)8-11-13-9(2)10(3)17-11/h5-8H2,1-4H3. The molecule has 1 aromatic rings. The zero-order chi connectivity index (χ0) is 12.8. The van der Waals surface area contributed by atoms with Crippen LogP contribution in [0.25, 0.3) is 0 Å². The molecular formula is C12H20N2O2S. The summed E-state index contributed by atoms with van der Waals surface area (Å²) in [6.45, 7) is 8.65. The molecule has 0 aromatic carbocycles. The zero-order valence-electron chi connectivity index (χ0n) is 10.9. The molecule has 4 nitrogen and oxygen atoms in total. The first kappa shape index (κ1) is 14.1. The van der Waals surface area contributed by atoms with E-state index >= 15 is 0 Å². The van der Waals surface area contributed by atoms with Gasteiger partial charge in [-0.15, -0.1) is 11.3 Å². The van der Waals surface area contributed by atoms with E-state index in [1.54, 1.807) is 11.3 Å². The summed E-state index contributed by atoms with van der Waals surface area (Å²) in [7, 11) is 1.42. The van der Waals surface area contributed by atoms with E-state index in [-0.39, 0.29) is 5.97 Å². The van der Waals surface area contributed by atoms with Crippen molar-refractivity contribution >= 4 is 17.3 Å². The maximum atomic E-state index is 11.1. The third kappa shape index (κ3) is 4.44. The molecule has 0 fully saturated rings. The van der Waals surface area contributed by atoms with E-state index in [0.717, 1.165) is 30.3 Å². The van der Waals surface area contributed by atoms with Gasteiger partial charge in [0.2, 0.25) is 0 Å². The number of thiazole rings is 1. The minimum atomic E-state index is -0.157. The van der Waals surface area contributed by atoms with Crippen LogP contribution in [0, 0.1) is 13.8 Å². The minimum Gasteiger partial charge on any atom is -0.469 e. The van der Waals surface area contributed by atoms with Crippen LogP contribution in [-0.4, -0.2) is 36.1 Å². The Bertz CT molecular complexity index is 357. The Morgan fingerprint density at radius 3 is 2.65 bits per heavy atom. The van der Waals surface area contributed by atoms with Crippen LogP contribution in [0.15, 0.2) is 0 Å². The maximum absolute atomic E-state index is 11.1. The van der Waals surface area contributed by atoms with Crippen molar-refractivity contribution in [3.63, 3.8) is 0 Å². The van der Waals surface area contributed by atoms with Crippen LogP contribution in [0.4, 0.5) is 0 Å². The lowest BCUT2D eigenvalue weighted by atomic mass is 10.3. The average molecular weight is 256 g/mol. The molecule has 0 bridgehead atoms. The number of hydrogen-bond acceptors (Lipinski definition) is 5. The number of methoxy groups -OCH3 is 1. The average Bonchev–Trinajstić information content (AvgIpc) is 2.63. The van der Waals surface area contributed by atoms with Crippen LogP contribution < -0.4 is 0 Å². The third-order valence-electron chi connectivity index (χ3n) is 2.74. The van der Waals surface area contributed by atoms with Crippen molar-refractivity contribution in [1.29, 1.82) is 0 Å². The number of rotatable bonds is 6. The van der Waals surface area contributed by atoms with Gasteiger partial charge >= 0.3 is 5.97 Å². The van der Waals surface area contributed by atoms with Gasteiger partial charge in [-0.25, -0.2) is 4.98 Å². The molecule has 1 heterocycles. The molecule has 0 aliphatic carbocycles. The van der Waals surface area contributed by atoms with Gasteiger partial charge in [0.1, 0.15) is 5.01 Å². The van der Waals surface area contributed by atoms with Crippen molar-refractivity contribution in [2.75, 3.05) is 20.2 Å². The summed E-state index contributed by atoms with van der Waals surface area (Å²) in [5.41, 5.74) is 1.11. The SMILES string of the molecule is CCN(CCC(=O)OC)Cc1nc(C)c(C)s1. The van der Waals surface area contributed by atoms with Crippen LogP contribution in [0.2, 0.25) is 0 Å². The Labute approximate surface area is 107 Å². The minimum absolute atomic E-state index is 0.157. The van der Waals surface area contributed by atoms with Gasteiger partial charge in [0, 0.05) is 11.4 Å². The molecule has 5 heteroatoms. The lowest BCUT2D eigenvalue weighted by Crippen LogP contribution is -2.26. The van der Waals surface area contributed by atoms with Gasteiger partial charge in [-0.2, -0.15) is 0 Å². The van der Waals surface area contributed by atoms with Crippen LogP contribution in [0.3, 0.4) is 0 Å². The summed E-state index contributed by atoms with van der Waals surface area (Å²) in [5, 5.41) is 1.12. The van der Waals surface area contributed by atoms with Crippen molar-refractivity contribution in [2.24, 2.45) is 0 Å². The second kappa shape index (κ2) is 6.71. The molecular weight excluding hydrogens is 236 g/mol. The Balaban J connectivity index is 2.49. The number of esters is 1. The Morgan fingerprint density at radius 1 is 1.47 bits per heavy atom. The molecule has 0 aliphatic rings. The van der Waals surface area contributed by atoms with Crippen molar-refractivity contribution in [3.8, 4) is 0 Å². The number of aryl methyl sites for hydroxylation is 2. The van der Waals surface area contributed by atoms with Gasteiger partial charge in [-0.1, -0.05) is 6.92 Å². The maximum Gasteiger partial charge on any atom is 0.306 e. The number of hydrogen-bond donors (Lipinski definition) is 0. The summed E-state index contributed by atoms with van der Waals surface area (Å²) in [6, 6.07) is 0. The first-order valence-corrected chi connectivity index (χ1v) is 6.60. The number of carbonyl (C=O) groups excluding carboxylic acids is 1. The monoisotopic (exact) mass is 256 g/mol. The first-order chi connectivity index (χ1) is 8.06. The highest BCUT2D eigenvalue weighted by Crippen LogP contribution is 2.18. The highest BCUT2D eigenvalue weighted by atomic mass is 32.1.